The Labute approximate surface area is 268 Å². The van der Waals surface area contributed by atoms with Gasteiger partial charge in [-0.25, -0.2) is 0 Å². The molecule has 0 aliphatic rings. The highest BCUT2D eigenvalue weighted by molar-refractivity contribution is 6.88. The second kappa shape index (κ2) is 10.2. The lowest BCUT2D eigenvalue weighted by Crippen LogP contribution is -2.37. The predicted molar refractivity (Wildman–Crippen MR) is 200 cm³/mol. The molecule has 1 heterocycles. The van der Waals surface area contributed by atoms with Gasteiger partial charge < -0.3 is 4.42 Å². The minimum Gasteiger partial charge on any atom is -0.455 e. The molecular weight excluding hydrogens is 561 g/mol. The lowest BCUT2D eigenvalue weighted by atomic mass is 9.79. The standard InChI is InChI=1S/C43H44OSi/c1-42(2,3)28-21-23-33-36(25-28)39(27-14-12-15-30(24-27)45(7,8)9)32-22-20-29(43(4,5)6)26-37(32)40(33)35-18-13-17-34-31-16-10-11-19-38(31)44-41(34)35/h10-26H,1-9H3. The van der Waals surface area contributed by atoms with Gasteiger partial charge in [-0.2, -0.15) is 0 Å². The molecule has 0 aliphatic carbocycles. The Morgan fingerprint density at radius 1 is 0.489 bits per heavy atom. The van der Waals surface area contributed by atoms with Crippen molar-refractivity contribution in [3.05, 3.63) is 114 Å². The van der Waals surface area contributed by atoms with Crippen LogP contribution in [0.5, 0.6) is 0 Å². The molecule has 0 unspecified atom stereocenters. The zero-order chi connectivity index (χ0) is 31.9. The van der Waals surface area contributed by atoms with Crippen molar-refractivity contribution in [1.29, 1.82) is 0 Å². The van der Waals surface area contributed by atoms with Gasteiger partial charge in [-0.1, -0.05) is 151 Å². The van der Waals surface area contributed by atoms with E-state index in [0.717, 1.165) is 27.5 Å². The van der Waals surface area contributed by atoms with Gasteiger partial charge in [-0.15, -0.1) is 0 Å². The molecule has 0 radical (unpaired) electrons. The summed E-state index contributed by atoms with van der Waals surface area (Å²) >= 11 is 0. The molecule has 7 rings (SSSR count). The summed E-state index contributed by atoms with van der Waals surface area (Å²) in [5.74, 6) is 0. The number of benzene rings is 6. The van der Waals surface area contributed by atoms with E-state index in [1.165, 1.54) is 54.5 Å². The van der Waals surface area contributed by atoms with Crippen LogP contribution in [0.15, 0.2) is 108 Å². The summed E-state index contributed by atoms with van der Waals surface area (Å²) in [6.45, 7) is 21.2. The summed E-state index contributed by atoms with van der Waals surface area (Å²) in [6, 6.07) is 38.8. The fraction of sp³-hybridized carbons (Fsp3) is 0.256. The van der Waals surface area contributed by atoms with Crippen LogP contribution in [0.4, 0.5) is 0 Å². The summed E-state index contributed by atoms with van der Waals surface area (Å²) in [6.07, 6.45) is 0. The van der Waals surface area contributed by atoms with E-state index < -0.39 is 8.07 Å². The molecular formula is C43H44OSi. The molecule has 6 aromatic carbocycles. The minimum absolute atomic E-state index is 0.0137. The Hall–Kier alpha value is -4.14. The Kier molecular flexibility index (Phi) is 6.69. The zero-order valence-electron chi connectivity index (χ0n) is 28.2. The molecule has 0 aliphatic heterocycles. The van der Waals surface area contributed by atoms with Crippen LogP contribution in [-0.4, -0.2) is 8.07 Å². The van der Waals surface area contributed by atoms with Crippen molar-refractivity contribution in [3.8, 4) is 22.3 Å². The van der Waals surface area contributed by atoms with Gasteiger partial charge in [0.1, 0.15) is 11.2 Å². The lowest BCUT2D eigenvalue weighted by Gasteiger charge is -2.25. The van der Waals surface area contributed by atoms with Gasteiger partial charge in [0.05, 0.1) is 8.07 Å². The first kappa shape index (κ1) is 29.6. The Balaban J connectivity index is 1.70. The van der Waals surface area contributed by atoms with E-state index in [1.54, 1.807) is 0 Å². The van der Waals surface area contributed by atoms with Gasteiger partial charge in [-0.3, -0.25) is 0 Å². The van der Waals surface area contributed by atoms with Crippen LogP contribution in [0.25, 0.3) is 65.7 Å². The average Bonchev–Trinajstić information content (AvgIpc) is 3.37. The second-order valence-corrected chi connectivity index (χ2v) is 21.0. The van der Waals surface area contributed by atoms with Crippen molar-refractivity contribution >= 4 is 56.7 Å². The van der Waals surface area contributed by atoms with Crippen LogP contribution < -0.4 is 5.19 Å². The maximum absolute atomic E-state index is 6.68. The molecule has 0 saturated heterocycles. The molecule has 0 saturated carbocycles. The van der Waals surface area contributed by atoms with Crippen LogP contribution in [0.2, 0.25) is 19.6 Å². The summed E-state index contributed by atoms with van der Waals surface area (Å²) in [5, 5.41) is 8.94. The summed E-state index contributed by atoms with van der Waals surface area (Å²) < 4.78 is 6.68. The molecule has 0 amide bonds. The lowest BCUT2D eigenvalue weighted by molar-refractivity contribution is 0.590. The molecule has 0 N–H and O–H groups in total. The number of hydrogen-bond acceptors (Lipinski definition) is 1. The molecule has 0 bridgehead atoms. The van der Waals surface area contributed by atoms with Gasteiger partial charge in [-0.05, 0) is 72.8 Å². The normalized spacial score (nSPS) is 13.0. The number of para-hydroxylation sites is 2. The predicted octanol–water partition coefficient (Wildman–Crippen LogP) is 12.4. The molecule has 1 aromatic heterocycles. The minimum atomic E-state index is -1.53. The third-order valence-electron chi connectivity index (χ3n) is 9.54. The van der Waals surface area contributed by atoms with E-state index >= 15 is 0 Å². The van der Waals surface area contributed by atoms with Crippen molar-refractivity contribution in [1.82, 2.24) is 0 Å². The Bertz CT molecular complexity index is 2260. The third-order valence-corrected chi connectivity index (χ3v) is 11.6. The van der Waals surface area contributed by atoms with E-state index in [0.29, 0.717) is 0 Å². The number of furan rings is 1. The van der Waals surface area contributed by atoms with Crippen molar-refractivity contribution in [2.75, 3.05) is 0 Å². The molecule has 2 heteroatoms. The molecule has 7 aromatic rings. The molecule has 0 spiro atoms. The first-order valence-electron chi connectivity index (χ1n) is 16.3. The van der Waals surface area contributed by atoms with Gasteiger partial charge in [0.25, 0.3) is 0 Å². The first-order chi connectivity index (χ1) is 21.2. The SMILES string of the molecule is CC(C)(C)c1ccc2c(-c3cccc4c3oc3ccccc34)c3cc(C(C)(C)C)ccc3c(-c3cccc([Si](C)(C)C)c3)c2c1. The monoisotopic (exact) mass is 604 g/mol. The second-order valence-electron chi connectivity index (χ2n) is 15.9. The Morgan fingerprint density at radius 3 is 1.71 bits per heavy atom. The highest BCUT2D eigenvalue weighted by atomic mass is 28.3. The number of hydrogen-bond donors (Lipinski definition) is 0. The van der Waals surface area contributed by atoms with E-state index in [-0.39, 0.29) is 10.8 Å². The molecule has 45 heavy (non-hydrogen) atoms. The number of fused-ring (bicyclic) bond motifs is 5. The largest absolute Gasteiger partial charge is 0.455 e. The van der Waals surface area contributed by atoms with Crippen LogP contribution in [0.1, 0.15) is 52.7 Å². The quantitative estimate of drug-likeness (QED) is 0.144. The van der Waals surface area contributed by atoms with Crippen molar-refractivity contribution < 1.29 is 4.42 Å². The maximum Gasteiger partial charge on any atom is 0.143 e. The first-order valence-corrected chi connectivity index (χ1v) is 19.8. The van der Waals surface area contributed by atoms with Crippen molar-refractivity contribution in [2.45, 2.75) is 72.0 Å². The molecule has 0 fully saturated rings. The number of rotatable bonds is 3. The van der Waals surface area contributed by atoms with Crippen LogP contribution >= 0.6 is 0 Å². The van der Waals surface area contributed by atoms with Gasteiger partial charge in [0.2, 0.25) is 0 Å². The highest BCUT2D eigenvalue weighted by Crippen LogP contribution is 2.48. The smallest absolute Gasteiger partial charge is 0.143 e. The van der Waals surface area contributed by atoms with E-state index in [9.17, 15) is 0 Å². The van der Waals surface area contributed by atoms with Crippen LogP contribution in [0, 0.1) is 0 Å². The summed E-state index contributed by atoms with van der Waals surface area (Å²) in [7, 11) is -1.53. The van der Waals surface area contributed by atoms with Crippen molar-refractivity contribution in [2.24, 2.45) is 0 Å². The Morgan fingerprint density at radius 2 is 1.07 bits per heavy atom. The van der Waals surface area contributed by atoms with Crippen LogP contribution in [-0.2, 0) is 10.8 Å². The van der Waals surface area contributed by atoms with Crippen molar-refractivity contribution in [3.63, 3.8) is 0 Å². The van der Waals surface area contributed by atoms with Crippen LogP contribution in [0.3, 0.4) is 0 Å². The average molecular weight is 605 g/mol. The van der Waals surface area contributed by atoms with Gasteiger partial charge in [0, 0.05) is 21.9 Å². The van der Waals surface area contributed by atoms with Gasteiger partial charge >= 0.3 is 0 Å². The topological polar surface area (TPSA) is 13.1 Å². The molecule has 1 nitrogen and oxygen atoms in total. The zero-order valence-corrected chi connectivity index (χ0v) is 29.2. The molecule has 0 atom stereocenters. The van der Waals surface area contributed by atoms with E-state index in [4.69, 9.17) is 4.42 Å². The van der Waals surface area contributed by atoms with Gasteiger partial charge in [0.15, 0.2) is 0 Å². The maximum atomic E-state index is 6.68. The van der Waals surface area contributed by atoms with E-state index in [1.807, 2.05) is 0 Å². The third kappa shape index (κ3) is 5.00. The fourth-order valence-corrected chi connectivity index (χ4v) is 8.03. The van der Waals surface area contributed by atoms with E-state index in [2.05, 4.69) is 164 Å². The fourth-order valence-electron chi connectivity index (χ4n) is 6.85. The summed E-state index contributed by atoms with van der Waals surface area (Å²) in [5.41, 5.74) is 9.62. The molecule has 226 valence electrons. The highest BCUT2D eigenvalue weighted by Gasteiger charge is 2.25. The summed E-state index contributed by atoms with van der Waals surface area (Å²) in [4.78, 5) is 0.